The second-order valence-corrected chi connectivity index (χ2v) is 7.05. The number of fused-ring (bicyclic) bond motifs is 1. The van der Waals surface area contributed by atoms with E-state index in [4.69, 9.17) is 9.88 Å². The summed E-state index contributed by atoms with van der Waals surface area (Å²) in [5.74, 6) is 3.93. The van der Waals surface area contributed by atoms with E-state index in [2.05, 4.69) is 34.4 Å². The van der Waals surface area contributed by atoms with Gasteiger partial charge in [-0.15, -0.1) is 0 Å². The Labute approximate surface area is 131 Å². The van der Waals surface area contributed by atoms with Crippen LogP contribution >= 0.6 is 0 Å². The van der Waals surface area contributed by atoms with E-state index in [0.29, 0.717) is 19.0 Å². The second kappa shape index (κ2) is 7.04. The van der Waals surface area contributed by atoms with Crippen LogP contribution in [0.3, 0.4) is 0 Å². The first-order chi connectivity index (χ1) is 10.4. The van der Waals surface area contributed by atoms with Gasteiger partial charge in [-0.1, -0.05) is 0 Å². The summed E-state index contributed by atoms with van der Waals surface area (Å²) in [7, 11) is -2.61. The van der Waals surface area contributed by atoms with Crippen LogP contribution in [0.15, 0.2) is 18.5 Å². The van der Waals surface area contributed by atoms with Crippen LogP contribution in [0.4, 0.5) is 0 Å². The smallest absolute Gasteiger partial charge is 0.224 e. The number of hydrogen-bond acceptors (Lipinski definition) is 4. The maximum absolute atomic E-state index is 11.2. The molecular weight excluding hydrogens is 300 g/mol. The summed E-state index contributed by atoms with van der Waals surface area (Å²) in [5.41, 5.74) is 3.26. The Kier molecular flexibility index (Phi) is 5.33. The maximum Gasteiger partial charge on any atom is 0.224 e. The molecule has 2 rings (SSSR count). The molecule has 7 heteroatoms. The van der Waals surface area contributed by atoms with Crippen molar-refractivity contribution in [3.8, 4) is 5.88 Å². The van der Waals surface area contributed by atoms with Gasteiger partial charge in [0.2, 0.25) is 5.88 Å². The molecule has 2 aromatic rings. The summed E-state index contributed by atoms with van der Waals surface area (Å²) < 4.78 is 19.6. The van der Waals surface area contributed by atoms with Crippen LogP contribution in [0.25, 0.3) is 10.9 Å². The summed E-state index contributed by atoms with van der Waals surface area (Å²) >= 11 is 0. The Morgan fingerprint density at radius 1 is 1.27 bits per heavy atom. The lowest BCUT2D eigenvalue weighted by Crippen LogP contribution is -2.31. The molecule has 0 fully saturated rings. The SMILES string of the molecule is C=S(N)(=O)NCCCCOc1ncnc2cc(C)c(C)cc12. The predicted molar refractivity (Wildman–Crippen MR) is 91.2 cm³/mol. The molecule has 0 spiro atoms. The third-order valence-electron chi connectivity index (χ3n) is 3.37. The van der Waals surface area contributed by atoms with Crippen molar-refractivity contribution in [2.24, 2.45) is 5.14 Å². The first-order valence-corrected chi connectivity index (χ1v) is 8.90. The normalized spacial score (nSPS) is 14.0. The van der Waals surface area contributed by atoms with Crippen molar-refractivity contribution in [3.63, 3.8) is 0 Å². The monoisotopic (exact) mass is 322 g/mol. The highest BCUT2D eigenvalue weighted by Gasteiger charge is 2.07. The number of aryl methyl sites for hydroxylation is 2. The number of unbranched alkanes of at least 4 members (excludes halogenated alkanes) is 1. The van der Waals surface area contributed by atoms with Crippen LogP contribution in [0.5, 0.6) is 5.88 Å². The third-order valence-corrected chi connectivity index (χ3v) is 4.06. The lowest BCUT2D eigenvalue weighted by Gasteiger charge is -2.10. The van der Waals surface area contributed by atoms with E-state index in [1.54, 1.807) is 0 Å². The Hall–Kier alpha value is -1.70. The molecule has 0 amide bonds. The highest BCUT2D eigenvalue weighted by Crippen LogP contribution is 2.24. The molecule has 0 aliphatic heterocycles. The molecule has 1 aromatic carbocycles. The zero-order chi connectivity index (χ0) is 16.2. The second-order valence-electron chi connectivity index (χ2n) is 5.31. The molecule has 22 heavy (non-hydrogen) atoms. The molecule has 0 aliphatic rings. The Morgan fingerprint density at radius 2 is 2.00 bits per heavy atom. The maximum atomic E-state index is 11.2. The minimum Gasteiger partial charge on any atom is -0.477 e. The average Bonchev–Trinajstić information content (AvgIpc) is 2.43. The van der Waals surface area contributed by atoms with Crippen molar-refractivity contribution < 1.29 is 8.95 Å². The van der Waals surface area contributed by atoms with Gasteiger partial charge in [0.1, 0.15) is 6.33 Å². The number of rotatable bonds is 7. The number of nitrogens with two attached hydrogens (primary N) is 1. The fraction of sp³-hybridized carbons (Fsp3) is 0.400. The largest absolute Gasteiger partial charge is 0.477 e. The van der Waals surface area contributed by atoms with E-state index in [9.17, 15) is 4.21 Å². The van der Waals surface area contributed by atoms with Crippen molar-refractivity contribution >= 4 is 26.7 Å². The molecule has 0 aliphatic carbocycles. The van der Waals surface area contributed by atoms with Gasteiger partial charge in [0, 0.05) is 6.54 Å². The van der Waals surface area contributed by atoms with Crippen LogP contribution in [0.1, 0.15) is 24.0 Å². The van der Waals surface area contributed by atoms with Crippen LogP contribution in [0.2, 0.25) is 0 Å². The minimum absolute atomic E-state index is 0.531. The van der Waals surface area contributed by atoms with Gasteiger partial charge in [-0.2, -0.15) is 0 Å². The molecule has 3 N–H and O–H groups in total. The lowest BCUT2D eigenvalue weighted by atomic mass is 10.1. The van der Waals surface area contributed by atoms with Gasteiger partial charge in [-0.05, 0) is 55.8 Å². The molecule has 1 unspecified atom stereocenters. The number of nitrogens with zero attached hydrogens (tertiary/aromatic N) is 2. The standard InChI is InChI=1S/C15H22N4O2S/c1-11-8-13-14(9-12(11)2)17-10-18-15(13)21-7-5-4-6-19-22(3,16)20/h8-10H,3-7H2,1-2H3,(H3,16,19,20). The van der Waals surface area contributed by atoms with E-state index in [1.165, 1.54) is 17.5 Å². The van der Waals surface area contributed by atoms with Gasteiger partial charge in [0.15, 0.2) is 0 Å². The molecular formula is C15H22N4O2S. The molecule has 6 nitrogen and oxygen atoms in total. The van der Waals surface area contributed by atoms with Crippen LogP contribution in [-0.2, 0) is 9.89 Å². The quantitative estimate of drug-likeness (QED) is 0.597. The zero-order valence-corrected chi connectivity index (χ0v) is 13.8. The molecule has 0 bridgehead atoms. The number of nitrogens with one attached hydrogen (secondary N) is 1. The fourth-order valence-electron chi connectivity index (χ4n) is 2.05. The Morgan fingerprint density at radius 3 is 2.73 bits per heavy atom. The van der Waals surface area contributed by atoms with Crippen molar-refractivity contribution in [2.75, 3.05) is 13.2 Å². The third kappa shape index (κ3) is 4.66. The molecule has 0 saturated carbocycles. The van der Waals surface area contributed by atoms with Gasteiger partial charge < -0.3 is 4.74 Å². The summed E-state index contributed by atoms with van der Waals surface area (Å²) in [6, 6.07) is 4.09. The molecule has 0 saturated heterocycles. The van der Waals surface area contributed by atoms with E-state index >= 15 is 0 Å². The molecule has 1 heterocycles. The van der Waals surface area contributed by atoms with Gasteiger partial charge in [-0.3, -0.25) is 0 Å². The summed E-state index contributed by atoms with van der Waals surface area (Å²) in [6.07, 6.45) is 3.12. The zero-order valence-electron chi connectivity index (χ0n) is 13.0. The van der Waals surface area contributed by atoms with Crippen molar-refractivity contribution in [1.82, 2.24) is 14.7 Å². The lowest BCUT2D eigenvalue weighted by molar-refractivity contribution is 0.299. The van der Waals surface area contributed by atoms with Gasteiger partial charge in [-0.25, -0.2) is 24.0 Å². The first kappa shape index (κ1) is 16.7. The number of hydrogen-bond donors (Lipinski definition) is 2. The van der Waals surface area contributed by atoms with Crippen LogP contribution in [-0.4, -0.2) is 33.2 Å². The Bertz CT molecular complexity index is 759. The molecule has 1 atom stereocenters. The Balaban J connectivity index is 1.93. The highest BCUT2D eigenvalue weighted by molar-refractivity contribution is 7.96. The van der Waals surface area contributed by atoms with Crippen LogP contribution in [0, 0.1) is 13.8 Å². The van der Waals surface area contributed by atoms with E-state index in [0.717, 1.165) is 23.7 Å². The van der Waals surface area contributed by atoms with Crippen molar-refractivity contribution in [1.29, 1.82) is 0 Å². The van der Waals surface area contributed by atoms with Crippen molar-refractivity contribution in [2.45, 2.75) is 26.7 Å². The number of ether oxygens (including phenoxy) is 1. The number of benzene rings is 1. The fourth-order valence-corrected chi connectivity index (χ4v) is 2.54. The molecule has 1 aromatic heterocycles. The van der Waals surface area contributed by atoms with Gasteiger partial charge in [0.25, 0.3) is 0 Å². The average molecular weight is 322 g/mol. The van der Waals surface area contributed by atoms with E-state index in [-0.39, 0.29) is 0 Å². The first-order valence-electron chi connectivity index (χ1n) is 7.11. The van der Waals surface area contributed by atoms with E-state index in [1.807, 2.05) is 12.1 Å². The van der Waals surface area contributed by atoms with Crippen LogP contribution < -0.4 is 14.6 Å². The topological polar surface area (TPSA) is 90.1 Å². The van der Waals surface area contributed by atoms with Gasteiger partial charge in [0.05, 0.1) is 27.4 Å². The summed E-state index contributed by atoms with van der Waals surface area (Å²) in [5, 5.41) is 6.21. The summed E-state index contributed by atoms with van der Waals surface area (Å²) in [6.45, 7) is 5.19. The van der Waals surface area contributed by atoms with Crippen molar-refractivity contribution in [3.05, 3.63) is 29.6 Å². The molecule has 0 radical (unpaired) electrons. The summed E-state index contributed by atoms with van der Waals surface area (Å²) in [4.78, 5) is 8.48. The highest BCUT2D eigenvalue weighted by atomic mass is 32.2. The predicted octanol–water partition coefficient (Wildman–Crippen LogP) is 1.50. The molecule has 120 valence electrons. The number of aromatic nitrogens is 2. The minimum atomic E-state index is -2.61. The van der Waals surface area contributed by atoms with Gasteiger partial charge >= 0.3 is 0 Å². The van der Waals surface area contributed by atoms with E-state index < -0.39 is 9.89 Å².